The summed E-state index contributed by atoms with van der Waals surface area (Å²) in [5.74, 6) is 0.591. The molecule has 1 aliphatic rings. The first-order valence-electron chi connectivity index (χ1n) is 5.78. The van der Waals surface area contributed by atoms with Crippen LogP contribution >= 0.6 is 23.2 Å². The van der Waals surface area contributed by atoms with E-state index in [1.54, 1.807) is 12.1 Å². The third-order valence-corrected chi connectivity index (χ3v) is 3.74. The van der Waals surface area contributed by atoms with E-state index in [1.165, 1.54) is 0 Å². The number of halogens is 2. The Labute approximate surface area is 116 Å². The fraction of sp³-hybridized carbons (Fsp3) is 0.462. The number of hydrogen-bond donors (Lipinski definition) is 1. The molecule has 0 radical (unpaired) electrons. The predicted octanol–water partition coefficient (Wildman–Crippen LogP) is 3.52. The van der Waals surface area contributed by atoms with Crippen molar-refractivity contribution in [2.45, 2.75) is 25.8 Å². The van der Waals surface area contributed by atoms with Gasteiger partial charge in [0.1, 0.15) is 5.75 Å². The average molecular weight is 285 g/mol. The van der Waals surface area contributed by atoms with Crippen molar-refractivity contribution in [2.24, 2.45) is 11.1 Å². The van der Waals surface area contributed by atoms with E-state index in [1.807, 2.05) is 0 Å². The van der Waals surface area contributed by atoms with Crippen LogP contribution in [0.25, 0.3) is 0 Å². The van der Waals surface area contributed by atoms with Gasteiger partial charge in [-0.2, -0.15) is 5.26 Å². The third kappa shape index (κ3) is 2.89. The molecule has 0 amide bonds. The highest BCUT2D eigenvalue weighted by Crippen LogP contribution is 2.49. The van der Waals surface area contributed by atoms with Crippen molar-refractivity contribution in [3.05, 3.63) is 27.7 Å². The molecule has 0 aromatic heterocycles. The van der Waals surface area contributed by atoms with Crippen molar-refractivity contribution in [3.63, 3.8) is 0 Å². The van der Waals surface area contributed by atoms with Gasteiger partial charge in [-0.25, -0.2) is 0 Å². The van der Waals surface area contributed by atoms with Gasteiger partial charge in [-0.05, 0) is 25.0 Å². The third-order valence-electron chi connectivity index (χ3n) is 3.24. The summed E-state index contributed by atoms with van der Waals surface area (Å²) in [5.41, 5.74) is 6.46. The maximum absolute atomic E-state index is 8.76. The van der Waals surface area contributed by atoms with Gasteiger partial charge in [0.25, 0.3) is 0 Å². The molecule has 0 atom stereocenters. The molecule has 1 aromatic carbocycles. The molecule has 96 valence electrons. The maximum Gasteiger partial charge on any atom is 0.142 e. The standard InChI is InChI=1S/C13H14Cl2N2O/c14-10-5-9(7-17)12(11(15)6-10)18-8-13(1-2-13)3-4-16/h5-6H,1-3,7-8,17H2. The van der Waals surface area contributed by atoms with Crippen molar-refractivity contribution in [1.29, 1.82) is 5.26 Å². The van der Waals surface area contributed by atoms with Crippen LogP contribution in [-0.2, 0) is 6.54 Å². The fourth-order valence-corrected chi connectivity index (χ4v) is 2.46. The number of nitriles is 1. The lowest BCUT2D eigenvalue weighted by Gasteiger charge is -2.16. The molecule has 0 saturated heterocycles. The van der Waals surface area contributed by atoms with E-state index in [9.17, 15) is 0 Å². The molecule has 1 aliphatic carbocycles. The van der Waals surface area contributed by atoms with Crippen LogP contribution in [0.4, 0.5) is 0 Å². The van der Waals surface area contributed by atoms with E-state index >= 15 is 0 Å². The molecule has 1 saturated carbocycles. The van der Waals surface area contributed by atoms with E-state index in [4.69, 9.17) is 38.9 Å². The number of nitrogens with zero attached hydrogens (tertiary/aromatic N) is 1. The first kappa shape index (κ1) is 13.5. The smallest absolute Gasteiger partial charge is 0.142 e. The summed E-state index contributed by atoms with van der Waals surface area (Å²) in [7, 11) is 0. The molecule has 2 rings (SSSR count). The average Bonchev–Trinajstić information content (AvgIpc) is 3.07. The molecular formula is C13H14Cl2N2O. The van der Waals surface area contributed by atoms with E-state index in [2.05, 4.69) is 6.07 Å². The monoisotopic (exact) mass is 284 g/mol. The lowest BCUT2D eigenvalue weighted by molar-refractivity contribution is 0.235. The highest BCUT2D eigenvalue weighted by Gasteiger charge is 2.43. The summed E-state index contributed by atoms with van der Waals surface area (Å²) in [5, 5.41) is 9.78. The Morgan fingerprint density at radius 3 is 2.67 bits per heavy atom. The molecule has 0 aliphatic heterocycles. The highest BCUT2D eigenvalue weighted by atomic mass is 35.5. The second-order valence-corrected chi connectivity index (χ2v) is 5.55. The molecular weight excluding hydrogens is 271 g/mol. The highest BCUT2D eigenvalue weighted by molar-refractivity contribution is 6.35. The van der Waals surface area contributed by atoms with Crippen LogP contribution in [0.2, 0.25) is 10.0 Å². The van der Waals surface area contributed by atoms with Crippen LogP contribution in [-0.4, -0.2) is 6.61 Å². The minimum atomic E-state index is 0.0174. The summed E-state index contributed by atoms with van der Waals surface area (Å²) in [6, 6.07) is 5.60. The first-order chi connectivity index (χ1) is 8.60. The first-order valence-corrected chi connectivity index (χ1v) is 6.53. The van der Waals surface area contributed by atoms with Gasteiger partial charge in [-0.3, -0.25) is 0 Å². The Hall–Kier alpha value is -0.950. The van der Waals surface area contributed by atoms with E-state index in [0.717, 1.165) is 18.4 Å². The lowest BCUT2D eigenvalue weighted by Crippen LogP contribution is -2.14. The second-order valence-electron chi connectivity index (χ2n) is 4.70. The minimum absolute atomic E-state index is 0.0174. The van der Waals surface area contributed by atoms with Crippen molar-refractivity contribution in [1.82, 2.24) is 0 Å². The van der Waals surface area contributed by atoms with Gasteiger partial charge in [0.2, 0.25) is 0 Å². The van der Waals surface area contributed by atoms with E-state index in [0.29, 0.717) is 35.4 Å². The Morgan fingerprint density at radius 1 is 1.39 bits per heavy atom. The van der Waals surface area contributed by atoms with Gasteiger partial charge in [0, 0.05) is 29.0 Å². The van der Waals surface area contributed by atoms with Crippen LogP contribution in [0.15, 0.2) is 12.1 Å². The van der Waals surface area contributed by atoms with Gasteiger partial charge in [0.05, 0.1) is 17.7 Å². The zero-order valence-electron chi connectivity index (χ0n) is 9.88. The van der Waals surface area contributed by atoms with Crippen LogP contribution in [0, 0.1) is 16.7 Å². The summed E-state index contributed by atoms with van der Waals surface area (Å²) < 4.78 is 5.77. The molecule has 0 bridgehead atoms. The molecule has 3 nitrogen and oxygen atoms in total. The molecule has 0 spiro atoms. The Bertz CT molecular complexity index is 492. The Kier molecular flexibility index (Phi) is 4.01. The van der Waals surface area contributed by atoms with Gasteiger partial charge < -0.3 is 10.5 Å². The topological polar surface area (TPSA) is 59.0 Å². The quantitative estimate of drug-likeness (QED) is 0.900. The summed E-state index contributed by atoms with van der Waals surface area (Å²) in [6.45, 7) is 0.829. The van der Waals surface area contributed by atoms with E-state index in [-0.39, 0.29) is 5.41 Å². The van der Waals surface area contributed by atoms with Gasteiger partial charge >= 0.3 is 0 Å². The van der Waals surface area contributed by atoms with Crippen molar-refractivity contribution in [3.8, 4) is 11.8 Å². The number of hydrogen-bond acceptors (Lipinski definition) is 3. The largest absolute Gasteiger partial charge is 0.491 e. The van der Waals surface area contributed by atoms with Crippen LogP contribution in [0.5, 0.6) is 5.75 Å². The van der Waals surface area contributed by atoms with Crippen molar-refractivity contribution >= 4 is 23.2 Å². The van der Waals surface area contributed by atoms with Gasteiger partial charge in [-0.1, -0.05) is 23.2 Å². The summed E-state index contributed by atoms with van der Waals surface area (Å²) >= 11 is 12.0. The summed E-state index contributed by atoms with van der Waals surface area (Å²) in [6.07, 6.45) is 2.59. The molecule has 5 heteroatoms. The van der Waals surface area contributed by atoms with Crippen LogP contribution < -0.4 is 10.5 Å². The van der Waals surface area contributed by atoms with Crippen LogP contribution in [0.3, 0.4) is 0 Å². The van der Waals surface area contributed by atoms with Crippen molar-refractivity contribution < 1.29 is 4.74 Å². The fourth-order valence-electron chi connectivity index (χ4n) is 1.87. The number of nitrogens with two attached hydrogens (primary N) is 1. The van der Waals surface area contributed by atoms with Crippen LogP contribution in [0.1, 0.15) is 24.8 Å². The molecule has 1 aromatic rings. The Morgan fingerprint density at radius 2 is 2.11 bits per heavy atom. The molecule has 18 heavy (non-hydrogen) atoms. The van der Waals surface area contributed by atoms with Gasteiger partial charge in [0.15, 0.2) is 0 Å². The molecule has 0 heterocycles. The lowest BCUT2D eigenvalue weighted by atomic mass is 10.1. The van der Waals surface area contributed by atoms with Gasteiger partial charge in [-0.15, -0.1) is 0 Å². The predicted molar refractivity (Wildman–Crippen MR) is 71.7 cm³/mol. The Balaban J connectivity index is 2.12. The summed E-state index contributed by atoms with van der Waals surface area (Å²) in [4.78, 5) is 0. The number of rotatable bonds is 5. The SMILES string of the molecule is N#CCC1(COc2c(Cl)cc(Cl)cc2CN)CC1. The normalized spacial score (nSPS) is 16.1. The molecule has 2 N–H and O–H groups in total. The number of ether oxygens (including phenoxy) is 1. The molecule has 0 unspecified atom stereocenters. The maximum atomic E-state index is 8.76. The zero-order valence-corrected chi connectivity index (χ0v) is 11.4. The van der Waals surface area contributed by atoms with Crippen molar-refractivity contribution in [2.75, 3.05) is 6.61 Å². The zero-order chi connectivity index (χ0) is 13.2. The minimum Gasteiger partial charge on any atom is -0.491 e. The molecule has 1 fully saturated rings. The second kappa shape index (κ2) is 5.36. The van der Waals surface area contributed by atoms with E-state index < -0.39 is 0 Å². The number of benzene rings is 1.